The predicted octanol–water partition coefficient (Wildman–Crippen LogP) is -1.36. The summed E-state index contributed by atoms with van der Waals surface area (Å²) < 4.78 is 13.7. The molecule has 1 unspecified atom stereocenters. The Morgan fingerprint density at radius 1 is 1.24 bits per heavy atom. The highest BCUT2D eigenvalue weighted by atomic mass is 16.6. The molecule has 0 radical (unpaired) electrons. The van der Waals surface area contributed by atoms with Crippen molar-refractivity contribution < 1.29 is 35.0 Å². The minimum atomic E-state index is -0.954. The van der Waals surface area contributed by atoms with Crippen molar-refractivity contribution in [2.24, 2.45) is 0 Å². The van der Waals surface area contributed by atoms with Crippen molar-refractivity contribution >= 4 is 0 Å². The largest absolute Gasteiger partial charge is 0.412 e. The Bertz CT molecular complexity index is 222. The maximum Gasteiger partial charge on any atom is 0.100 e. The third-order valence-electron chi connectivity index (χ3n) is 1.42. The van der Waals surface area contributed by atoms with E-state index >= 15 is 0 Å². The summed E-state index contributed by atoms with van der Waals surface area (Å²) >= 11 is 0. The van der Waals surface area contributed by atoms with E-state index in [0.29, 0.717) is 6.10 Å². The fourth-order valence-corrected chi connectivity index (χ4v) is 0.154. The summed E-state index contributed by atoms with van der Waals surface area (Å²) in [4.78, 5) is 0. The molecule has 0 aromatic heterocycles. The van der Waals surface area contributed by atoms with Gasteiger partial charge < -0.3 is 35.0 Å². The van der Waals surface area contributed by atoms with E-state index in [2.05, 4.69) is 23.0 Å². The van der Waals surface area contributed by atoms with Gasteiger partial charge in [0.15, 0.2) is 0 Å². The molecule has 8 nitrogen and oxygen atoms in total. The number of hydrogen-bond donors (Lipinski definition) is 3. The molecular formula is C13H27NO7. The van der Waals surface area contributed by atoms with Gasteiger partial charge in [-0.05, 0) is 6.92 Å². The van der Waals surface area contributed by atoms with Crippen LogP contribution in [0.1, 0.15) is 6.92 Å². The Morgan fingerprint density at radius 2 is 1.48 bits per heavy atom. The van der Waals surface area contributed by atoms with Crippen LogP contribution in [0.5, 0.6) is 0 Å². The number of rotatable bonds is 2. The molecule has 3 heterocycles. The minimum Gasteiger partial charge on any atom is -0.412 e. The summed E-state index contributed by atoms with van der Waals surface area (Å²) in [5.41, 5.74) is 0. The fourth-order valence-electron chi connectivity index (χ4n) is 0.154. The van der Waals surface area contributed by atoms with Gasteiger partial charge in [-0.15, -0.1) is 0 Å². The van der Waals surface area contributed by atoms with Gasteiger partial charge in [0.1, 0.15) is 6.10 Å². The Kier molecular flexibility index (Phi) is 25.2. The number of allylic oxidation sites excluding steroid dienone is 1. The molecule has 3 saturated heterocycles. The second-order valence-corrected chi connectivity index (χ2v) is 3.72. The smallest absolute Gasteiger partial charge is 0.100 e. The molecule has 126 valence electrons. The third kappa shape index (κ3) is 68.0. The molecule has 0 amide bonds. The van der Waals surface area contributed by atoms with Crippen LogP contribution in [0.4, 0.5) is 0 Å². The van der Waals surface area contributed by atoms with E-state index in [1.54, 1.807) is 6.07 Å². The van der Waals surface area contributed by atoms with E-state index in [1.807, 2.05) is 0 Å². The number of hydrogen-bond acceptors (Lipinski definition) is 7. The number of nitriles is 1. The van der Waals surface area contributed by atoms with E-state index in [1.165, 1.54) is 6.08 Å². The first-order chi connectivity index (χ1) is 9.62. The zero-order chi connectivity index (χ0) is 15.6. The van der Waals surface area contributed by atoms with Gasteiger partial charge in [0.25, 0.3) is 0 Å². The van der Waals surface area contributed by atoms with E-state index in [9.17, 15) is 0 Å². The van der Waals surface area contributed by atoms with Crippen molar-refractivity contribution in [1.29, 1.82) is 5.26 Å². The molecule has 0 spiro atoms. The van der Waals surface area contributed by atoms with Gasteiger partial charge in [-0.3, -0.25) is 0 Å². The summed E-state index contributed by atoms with van der Waals surface area (Å²) in [7, 11) is 0. The number of aliphatic hydroxyl groups is 3. The quantitative estimate of drug-likeness (QED) is 0.420. The molecular weight excluding hydrogens is 282 g/mol. The summed E-state index contributed by atoms with van der Waals surface area (Å²) in [6, 6.07) is 1.69. The van der Waals surface area contributed by atoms with Crippen molar-refractivity contribution in [3.05, 3.63) is 12.7 Å². The predicted molar refractivity (Wildman–Crippen MR) is 76.7 cm³/mol. The molecule has 3 fully saturated rings. The Morgan fingerprint density at radius 3 is 1.48 bits per heavy atom. The first kappa shape index (κ1) is 24.9. The first-order valence-electron chi connectivity index (χ1n) is 6.29. The van der Waals surface area contributed by atoms with Crippen LogP contribution in [0.2, 0.25) is 0 Å². The Balaban J connectivity index is -0.000000194. The molecule has 0 aromatic carbocycles. The van der Waals surface area contributed by atoms with Crippen LogP contribution in [0.15, 0.2) is 12.7 Å². The lowest BCUT2D eigenvalue weighted by Crippen LogP contribution is -2.15. The lowest BCUT2D eigenvalue weighted by molar-refractivity contribution is 0.0450. The van der Waals surface area contributed by atoms with Gasteiger partial charge in [-0.1, -0.05) is 6.58 Å². The SMILES string of the molecule is C1CO1.C1CO1.C=CC#N.CC1CO1.O.OCC(O)CO. The maximum absolute atomic E-state index is 8.17. The van der Waals surface area contributed by atoms with Crippen molar-refractivity contribution in [3.8, 4) is 6.07 Å². The first-order valence-corrected chi connectivity index (χ1v) is 6.29. The van der Waals surface area contributed by atoms with E-state index in [0.717, 1.165) is 33.0 Å². The molecule has 8 heteroatoms. The molecule has 0 aromatic rings. The van der Waals surface area contributed by atoms with Crippen LogP contribution < -0.4 is 0 Å². The van der Waals surface area contributed by atoms with Gasteiger partial charge in [0.05, 0.1) is 58.4 Å². The van der Waals surface area contributed by atoms with E-state index in [4.69, 9.17) is 25.3 Å². The van der Waals surface area contributed by atoms with E-state index < -0.39 is 6.10 Å². The summed E-state index contributed by atoms with van der Waals surface area (Å²) in [5, 5.41) is 31.5. The summed E-state index contributed by atoms with van der Waals surface area (Å²) in [5.74, 6) is 0. The normalized spacial score (nSPS) is 18.0. The van der Waals surface area contributed by atoms with Gasteiger partial charge in [-0.25, -0.2) is 0 Å². The monoisotopic (exact) mass is 309 g/mol. The topological polar surface area (TPSA) is 154 Å². The molecule has 3 aliphatic rings. The van der Waals surface area contributed by atoms with Crippen LogP contribution in [-0.2, 0) is 14.2 Å². The highest BCUT2D eigenvalue weighted by molar-refractivity contribution is 4.93. The standard InChI is InChI=1S/C3H3N.C3H8O3.C3H6O.2C2H4O.H2O/c1-2-3-4;4-1-3(6)2-5;1-3-2-4-3;2*1-2-3-1;/h2H,1H2;3-6H,1-2H2;3H,2H2,1H3;2*1-2H2;1H2. The van der Waals surface area contributed by atoms with Crippen LogP contribution in [0, 0.1) is 11.3 Å². The summed E-state index contributed by atoms with van der Waals surface area (Å²) in [6.45, 7) is 9.43. The zero-order valence-electron chi connectivity index (χ0n) is 12.4. The van der Waals surface area contributed by atoms with Gasteiger partial charge >= 0.3 is 0 Å². The molecule has 21 heavy (non-hydrogen) atoms. The third-order valence-corrected chi connectivity index (χ3v) is 1.42. The molecule has 1 atom stereocenters. The Hall–Kier alpha value is -1.05. The molecule has 5 N–H and O–H groups in total. The number of ether oxygens (including phenoxy) is 3. The minimum absolute atomic E-state index is 0. The summed E-state index contributed by atoms with van der Waals surface area (Å²) in [6.07, 6.45) is 0.810. The average molecular weight is 309 g/mol. The van der Waals surface area contributed by atoms with Crippen molar-refractivity contribution in [2.45, 2.75) is 19.1 Å². The van der Waals surface area contributed by atoms with Gasteiger partial charge in [0.2, 0.25) is 0 Å². The van der Waals surface area contributed by atoms with E-state index in [-0.39, 0.29) is 18.7 Å². The molecule has 0 aliphatic carbocycles. The van der Waals surface area contributed by atoms with Crippen molar-refractivity contribution in [2.75, 3.05) is 46.2 Å². The zero-order valence-corrected chi connectivity index (χ0v) is 12.4. The van der Waals surface area contributed by atoms with Crippen LogP contribution >= 0.6 is 0 Å². The highest BCUT2D eigenvalue weighted by Gasteiger charge is 2.13. The molecule has 3 aliphatic heterocycles. The lowest BCUT2D eigenvalue weighted by Gasteiger charge is -1.96. The van der Waals surface area contributed by atoms with Crippen LogP contribution in [0.25, 0.3) is 0 Å². The second kappa shape index (κ2) is 21.3. The van der Waals surface area contributed by atoms with Crippen LogP contribution in [0.3, 0.4) is 0 Å². The van der Waals surface area contributed by atoms with Crippen molar-refractivity contribution in [3.63, 3.8) is 0 Å². The average Bonchev–Trinajstić information content (AvgIpc) is 3.34. The lowest BCUT2D eigenvalue weighted by atomic mass is 10.4. The molecule has 3 rings (SSSR count). The fraction of sp³-hybridized carbons (Fsp3) is 0.769. The number of epoxide rings is 3. The Labute approximate surface area is 125 Å². The van der Waals surface area contributed by atoms with Crippen LogP contribution in [-0.4, -0.2) is 79.3 Å². The van der Waals surface area contributed by atoms with Crippen molar-refractivity contribution in [1.82, 2.24) is 0 Å². The highest BCUT2D eigenvalue weighted by Crippen LogP contribution is 2.04. The van der Waals surface area contributed by atoms with Gasteiger partial charge in [0, 0.05) is 6.08 Å². The number of nitrogens with zero attached hydrogens (tertiary/aromatic N) is 1. The number of aliphatic hydroxyl groups excluding tert-OH is 3. The van der Waals surface area contributed by atoms with Gasteiger partial charge in [-0.2, -0.15) is 5.26 Å². The molecule has 0 bridgehead atoms. The maximum atomic E-state index is 8.17. The molecule has 0 saturated carbocycles. The second-order valence-electron chi connectivity index (χ2n) is 3.72.